The fourth-order valence-electron chi connectivity index (χ4n) is 2.64. The van der Waals surface area contributed by atoms with Crippen LogP contribution in [-0.2, 0) is 14.3 Å². The standard InChI is InChI=1S/C13H14Cl2N4O3/c1-3-7-8(21-6(2)20)4-9(22-7)19-5-16-10-11(14)17-13(15)18-12(10)19/h5,7-9H,3-4H2,1-2H3/t7-,8?,9+/m1/s1. The summed E-state index contributed by atoms with van der Waals surface area (Å²) in [7, 11) is 0. The van der Waals surface area contributed by atoms with Gasteiger partial charge in [-0.15, -0.1) is 0 Å². The Kier molecular flexibility index (Phi) is 4.20. The highest BCUT2D eigenvalue weighted by Gasteiger charge is 2.38. The number of carbonyl (C=O) groups excluding carboxylic acids is 1. The van der Waals surface area contributed by atoms with Crippen molar-refractivity contribution in [3.8, 4) is 0 Å². The second-order valence-corrected chi connectivity index (χ2v) is 5.72. The Hall–Kier alpha value is -1.44. The van der Waals surface area contributed by atoms with Gasteiger partial charge in [-0.1, -0.05) is 18.5 Å². The molecular formula is C13H14Cl2N4O3. The van der Waals surface area contributed by atoms with Crippen LogP contribution in [0.25, 0.3) is 11.2 Å². The van der Waals surface area contributed by atoms with Gasteiger partial charge in [0.1, 0.15) is 17.8 Å². The number of imidazole rings is 1. The molecule has 3 rings (SSSR count). The first-order valence-corrected chi connectivity index (χ1v) is 7.63. The number of rotatable bonds is 3. The van der Waals surface area contributed by atoms with E-state index in [1.54, 1.807) is 10.9 Å². The molecule has 118 valence electrons. The Labute approximate surface area is 136 Å². The minimum absolute atomic E-state index is 0.0424. The molecule has 2 aromatic rings. The molecule has 9 heteroatoms. The number of carbonyl (C=O) groups is 1. The number of esters is 1. The second-order valence-electron chi connectivity index (χ2n) is 5.03. The van der Waals surface area contributed by atoms with Crippen molar-refractivity contribution in [3.05, 3.63) is 16.8 Å². The maximum absolute atomic E-state index is 11.2. The quantitative estimate of drug-likeness (QED) is 0.484. The van der Waals surface area contributed by atoms with Gasteiger partial charge in [-0.2, -0.15) is 4.98 Å². The number of fused-ring (bicyclic) bond motifs is 1. The van der Waals surface area contributed by atoms with Crippen LogP contribution >= 0.6 is 23.2 Å². The first-order valence-electron chi connectivity index (χ1n) is 6.87. The Balaban J connectivity index is 1.93. The highest BCUT2D eigenvalue weighted by atomic mass is 35.5. The third-order valence-electron chi connectivity index (χ3n) is 3.56. The first-order chi connectivity index (χ1) is 10.5. The molecule has 3 atom stereocenters. The zero-order valence-corrected chi connectivity index (χ0v) is 13.5. The van der Waals surface area contributed by atoms with Gasteiger partial charge in [0, 0.05) is 13.3 Å². The van der Waals surface area contributed by atoms with E-state index in [1.807, 2.05) is 6.92 Å². The minimum atomic E-state index is -0.346. The number of hydrogen-bond acceptors (Lipinski definition) is 6. The molecule has 0 amide bonds. The lowest BCUT2D eigenvalue weighted by Gasteiger charge is -2.15. The zero-order chi connectivity index (χ0) is 15.9. The third kappa shape index (κ3) is 2.76. The maximum Gasteiger partial charge on any atom is 0.302 e. The van der Waals surface area contributed by atoms with Crippen molar-refractivity contribution in [2.24, 2.45) is 0 Å². The van der Waals surface area contributed by atoms with Gasteiger partial charge in [0.05, 0.1) is 12.4 Å². The highest BCUT2D eigenvalue weighted by molar-refractivity contribution is 6.35. The van der Waals surface area contributed by atoms with E-state index in [0.717, 1.165) is 6.42 Å². The molecule has 1 unspecified atom stereocenters. The molecule has 1 saturated heterocycles. The molecule has 22 heavy (non-hydrogen) atoms. The normalized spacial score (nSPS) is 24.8. The summed E-state index contributed by atoms with van der Waals surface area (Å²) in [6.07, 6.45) is 2.02. The summed E-state index contributed by atoms with van der Waals surface area (Å²) in [5, 5.41) is 0.233. The van der Waals surface area contributed by atoms with Gasteiger partial charge >= 0.3 is 5.97 Å². The van der Waals surface area contributed by atoms with Crippen molar-refractivity contribution in [2.45, 2.75) is 45.1 Å². The van der Waals surface area contributed by atoms with E-state index in [1.165, 1.54) is 6.92 Å². The van der Waals surface area contributed by atoms with Gasteiger partial charge in [-0.05, 0) is 18.0 Å². The summed E-state index contributed by atoms with van der Waals surface area (Å²) >= 11 is 11.9. The molecule has 0 spiro atoms. The zero-order valence-electron chi connectivity index (χ0n) is 12.0. The fourth-order valence-corrected chi connectivity index (χ4v) is 3.06. The van der Waals surface area contributed by atoms with E-state index in [2.05, 4.69) is 15.0 Å². The molecule has 1 aliphatic heterocycles. The number of aromatic nitrogens is 4. The Bertz CT molecular complexity index is 721. The Morgan fingerprint density at radius 1 is 1.50 bits per heavy atom. The first kappa shape index (κ1) is 15.5. The van der Waals surface area contributed by atoms with Crippen molar-refractivity contribution in [2.75, 3.05) is 0 Å². The largest absolute Gasteiger partial charge is 0.460 e. The number of halogens is 2. The van der Waals surface area contributed by atoms with Gasteiger partial charge < -0.3 is 9.47 Å². The smallest absolute Gasteiger partial charge is 0.302 e. The van der Waals surface area contributed by atoms with E-state index in [9.17, 15) is 4.79 Å². The molecule has 0 N–H and O–H groups in total. The number of ether oxygens (including phenoxy) is 2. The van der Waals surface area contributed by atoms with Gasteiger partial charge in [-0.25, -0.2) is 9.97 Å². The predicted molar refractivity (Wildman–Crippen MR) is 79.7 cm³/mol. The van der Waals surface area contributed by atoms with Crippen LogP contribution in [-0.4, -0.2) is 37.7 Å². The van der Waals surface area contributed by atoms with Crippen molar-refractivity contribution >= 4 is 40.3 Å². The van der Waals surface area contributed by atoms with Gasteiger partial charge in [0.2, 0.25) is 5.28 Å². The average Bonchev–Trinajstić information content (AvgIpc) is 3.01. The Morgan fingerprint density at radius 3 is 2.95 bits per heavy atom. The molecule has 2 aromatic heterocycles. The summed E-state index contributed by atoms with van der Waals surface area (Å²) in [4.78, 5) is 23.4. The summed E-state index contributed by atoms with van der Waals surface area (Å²) < 4.78 is 13.0. The van der Waals surface area contributed by atoms with E-state index in [4.69, 9.17) is 32.7 Å². The van der Waals surface area contributed by atoms with Crippen LogP contribution in [0.5, 0.6) is 0 Å². The number of nitrogens with zero attached hydrogens (tertiary/aromatic N) is 4. The monoisotopic (exact) mass is 344 g/mol. The van der Waals surface area contributed by atoms with Crippen LogP contribution in [0.15, 0.2) is 6.33 Å². The van der Waals surface area contributed by atoms with Crippen LogP contribution in [0.3, 0.4) is 0 Å². The molecule has 0 saturated carbocycles. The maximum atomic E-state index is 11.2. The van der Waals surface area contributed by atoms with Crippen molar-refractivity contribution in [1.29, 1.82) is 0 Å². The summed E-state index contributed by atoms with van der Waals surface area (Å²) in [5.41, 5.74) is 0.951. The fraction of sp³-hybridized carbons (Fsp3) is 0.538. The minimum Gasteiger partial charge on any atom is -0.460 e. The lowest BCUT2D eigenvalue weighted by Crippen LogP contribution is -2.25. The van der Waals surface area contributed by atoms with Crippen LogP contribution in [0, 0.1) is 0 Å². The molecule has 0 bridgehead atoms. The van der Waals surface area contributed by atoms with E-state index in [-0.39, 0.29) is 34.8 Å². The van der Waals surface area contributed by atoms with Crippen LogP contribution < -0.4 is 0 Å². The predicted octanol–water partition coefficient (Wildman–Crippen LogP) is 2.76. The second kappa shape index (κ2) is 5.98. The van der Waals surface area contributed by atoms with E-state index in [0.29, 0.717) is 17.6 Å². The molecule has 1 aliphatic rings. The van der Waals surface area contributed by atoms with Gasteiger partial charge in [0.15, 0.2) is 10.8 Å². The van der Waals surface area contributed by atoms with Crippen molar-refractivity contribution in [3.63, 3.8) is 0 Å². The van der Waals surface area contributed by atoms with E-state index < -0.39 is 0 Å². The molecule has 1 fully saturated rings. The van der Waals surface area contributed by atoms with E-state index >= 15 is 0 Å². The molecular weight excluding hydrogens is 331 g/mol. The molecule has 7 nitrogen and oxygen atoms in total. The average molecular weight is 345 g/mol. The molecule has 0 radical (unpaired) electrons. The van der Waals surface area contributed by atoms with Gasteiger partial charge in [0.25, 0.3) is 0 Å². The van der Waals surface area contributed by atoms with Crippen molar-refractivity contribution < 1.29 is 14.3 Å². The molecule has 0 aliphatic carbocycles. The lowest BCUT2D eigenvalue weighted by molar-refractivity contribution is -0.149. The van der Waals surface area contributed by atoms with Crippen LogP contribution in [0.2, 0.25) is 10.4 Å². The van der Waals surface area contributed by atoms with Crippen LogP contribution in [0.4, 0.5) is 0 Å². The van der Waals surface area contributed by atoms with Gasteiger partial charge in [-0.3, -0.25) is 9.36 Å². The SMILES string of the molecule is CC[C@H]1O[C@H](n2cnc3c(Cl)nc(Cl)nc32)CC1OC(C)=O. The third-order valence-corrected chi connectivity index (χ3v) is 3.99. The van der Waals surface area contributed by atoms with Crippen molar-refractivity contribution in [1.82, 2.24) is 19.5 Å². The van der Waals surface area contributed by atoms with Crippen LogP contribution in [0.1, 0.15) is 32.9 Å². The lowest BCUT2D eigenvalue weighted by atomic mass is 10.1. The molecule has 3 heterocycles. The highest BCUT2D eigenvalue weighted by Crippen LogP contribution is 2.34. The summed E-state index contributed by atoms with van der Waals surface area (Å²) in [6, 6.07) is 0. The topological polar surface area (TPSA) is 79.1 Å². The summed E-state index contributed by atoms with van der Waals surface area (Å²) in [5.74, 6) is -0.323. The number of hydrogen-bond donors (Lipinski definition) is 0. The molecule has 0 aromatic carbocycles. The summed E-state index contributed by atoms with van der Waals surface area (Å²) in [6.45, 7) is 3.37. The Morgan fingerprint density at radius 2 is 2.27 bits per heavy atom.